The fraction of sp³-hybridized carbons (Fsp3) is 0.500. The van der Waals surface area contributed by atoms with Crippen LogP contribution in [0.25, 0.3) is 0 Å². The van der Waals surface area contributed by atoms with E-state index in [0.717, 1.165) is 12.2 Å². The fourth-order valence-corrected chi connectivity index (χ4v) is 1.46. The van der Waals surface area contributed by atoms with E-state index in [1.54, 1.807) is 31.4 Å². The molecule has 3 N–H and O–H groups in total. The molecule has 0 radical (unpaired) electrons. The van der Waals surface area contributed by atoms with Crippen LogP contribution >= 0.6 is 0 Å². The number of benzene rings is 1. The normalized spacial score (nSPS) is 11.9. The van der Waals surface area contributed by atoms with Crippen LogP contribution in [0.5, 0.6) is 5.75 Å². The first kappa shape index (κ1) is 15.3. The number of nitrogen functional groups attached to an aromatic ring is 1. The average molecular weight is 266 g/mol. The molecule has 1 rings (SSSR count). The van der Waals surface area contributed by atoms with Crippen LogP contribution in [0.4, 0.5) is 5.69 Å². The molecule has 5 nitrogen and oxygen atoms in total. The number of methoxy groups -OCH3 is 1. The average Bonchev–Trinajstić information content (AvgIpc) is 2.42. The second kappa shape index (κ2) is 8.37. The van der Waals surface area contributed by atoms with Crippen molar-refractivity contribution in [1.29, 1.82) is 0 Å². The fourth-order valence-electron chi connectivity index (χ4n) is 1.46. The van der Waals surface area contributed by atoms with Crippen molar-refractivity contribution in [1.82, 2.24) is 5.32 Å². The first-order valence-corrected chi connectivity index (χ1v) is 6.39. The molecule has 0 spiro atoms. The Kier molecular flexibility index (Phi) is 6.74. The predicted molar refractivity (Wildman–Crippen MR) is 75.1 cm³/mol. The maximum absolute atomic E-state index is 11.5. The number of amides is 1. The van der Waals surface area contributed by atoms with Gasteiger partial charge in [0.2, 0.25) is 5.91 Å². The van der Waals surface area contributed by atoms with Crippen LogP contribution in [0.3, 0.4) is 0 Å². The van der Waals surface area contributed by atoms with Crippen molar-refractivity contribution in [2.24, 2.45) is 0 Å². The molecule has 0 aliphatic rings. The number of carbonyl (C=O) groups excluding carboxylic acids is 1. The molecule has 1 unspecified atom stereocenters. The summed E-state index contributed by atoms with van der Waals surface area (Å²) in [5.41, 5.74) is 6.27. The SMILES string of the molecule is COC(C)CCC(=O)NCCOc1ccc(N)cc1. The van der Waals surface area contributed by atoms with E-state index in [1.807, 2.05) is 6.92 Å². The maximum Gasteiger partial charge on any atom is 0.220 e. The zero-order valence-electron chi connectivity index (χ0n) is 11.5. The molecule has 0 aliphatic heterocycles. The Balaban J connectivity index is 2.10. The van der Waals surface area contributed by atoms with Crippen LogP contribution in [0.15, 0.2) is 24.3 Å². The molecule has 0 aromatic heterocycles. The summed E-state index contributed by atoms with van der Waals surface area (Å²) < 4.78 is 10.5. The minimum atomic E-state index is 0.0183. The quantitative estimate of drug-likeness (QED) is 0.553. The lowest BCUT2D eigenvalue weighted by Crippen LogP contribution is -2.28. The van der Waals surface area contributed by atoms with Gasteiger partial charge in [-0.25, -0.2) is 0 Å². The summed E-state index contributed by atoms with van der Waals surface area (Å²) in [4.78, 5) is 11.5. The Morgan fingerprint density at radius 1 is 1.37 bits per heavy atom. The lowest BCUT2D eigenvalue weighted by atomic mass is 10.2. The molecular formula is C14H22N2O3. The molecule has 1 aromatic carbocycles. The summed E-state index contributed by atoms with van der Waals surface area (Å²) >= 11 is 0. The highest BCUT2D eigenvalue weighted by molar-refractivity contribution is 5.75. The second-order valence-corrected chi connectivity index (χ2v) is 4.35. The van der Waals surface area contributed by atoms with E-state index in [1.165, 1.54) is 0 Å². The second-order valence-electron chi connectivity index (χ2n) is 4.35. The minimum absolute atomic E-state index is 0.0183. The third-order valence-electron chi connectivity index (χ3n) is 2.75. The van der Waals surface area contributed by atoms with Gasteiger partial charge in [-0.2, -0.15) is 0 Å². The van der Waals surface area contributed by atoms with Crippen molar-refractivity contribution >= 4 is 11.6 Å². The van der Waals surface area contributed by atoms with E-state index in [9.17, 15) is 4.79 Å². The number of nitrogens with one attached hydrogen (secondary N) is 1. The molecule has 1 aromatic rings. The maximum atomic E-state index is 11.5. The highest BCUT2D eigenvalue weighted by Crippen LogP contribution is 2.12. The van der Waals surface area contributed by atoms with Crippen LogP contribution in [0.2, 0.25) is 0 Å². The lowest BCUT2D eigenvalue weighted by Gasteiger charge is -2.10. The Morgan fingerprint density at radius 3 is 2.68 bits per heavy atom. The van der Waals surface area contributed by atoms with Crippen LogP contribution in [0.1, 0.15) is 19.8 Å². The van der Waals surface area contributed by atoms with Gasteiger partial charge >= 0.3 is 0 Å². The van der Waals surface area contributed by atoms with Gasteiger partial charge in [-0.15, -0.1) is 0 Å². The van der Waals surface area contributed by atoms with Gasteiger partial charge in [0, 0.05) is 19.2 Å². The minimum Gasteiger partial charge on any atom is -0.492 e. The topological polar surface area (TPSA) is 73.6 Å². The highest BCUT2D eigenvalue weighted by atomic mass is 16.5. The van der Waals surface area contributed by atoms with Gasteiger partial charge < -0.3 is 20.5 Å². The molecule has 0 saturated carbocycles. The van der Waals surface area contributed by atoms with E-state index in [0.29, 0.717) is 25.3 Å². The van der Waals surface area contributed by atoms with Crippen LogP contribution < -0.4 is 15.8 Å². The van der Waals surface area contributed by atoms with Gasteiger partial charge in [-0.05, 0) is 37.6 Å². The molecular weight excluding hydrogens is 244 g/mol. The monoisotopic (exact) mass is 266 g/mol. The van der Waals surface area contributed by atoms with Crippen molar-refractivity contribution in [3.05, 3.63) is 24.3 Å². The van der Waals surface area contributed by atoms with Crippen molar-refractivity contribution in [3.63, 3.8) is 0 Å². The molecule has 5 heteroatoms. The number of nitrogens with two attached hydrogens (primary N) is 1. The Bertz CT molecular complexity index is 379. The summed E-state index contributed by atoms with van der Waals surface area (Å²) in [6.45, 7) is 2.87. The standard InChI is InChI=1S/C14H22N2O3/c1-11(18-2)3-8-14(17)16-9-10-19-13-6-4-12(15)5-7-13/h4-7,11H,3,8-10,15H2,1-2H3,(H,16,17). The lowest BCUT2D eigenvalue weighted by molar-refractivity contribution is -0.121. The number of hydrogen-bond donors (Lipinski definition) is 2. The molecule has 1 atom stereocenters. The highest BCUT2D eigenvalue weighted by Gasteiger charge is 2.05. The molecule has 0 bridgehead atoms. The molecule has 19 heavy (non-hydrogen) atoms. The molecule has 0 saturated heterocycles. The Hall–Kier alpha value is -1.75. The van der Waals surface area contributed by atoms with Gasteiger partial charge in [0.15, 0.2) is 0 Å². The Labute approximate surface area is 114 Å². The molecule has 1 amide bonds. The zero-order valence-corrected chi connectivity index (χ0v) is 11.5. The van der Waals surface area contributed by atoms with Crippen LogP contribution in [0, 0.1) is 0 Å². The van der Waals surface area contributed by atoms with Gasteiger partial charge in [0.25, 0.3) is 0 Å². The summed E-state index contributed by atoms with van der Waals surface area (Å²) in [7, 11) is 1.64. The van der Waals surface area contributed by atoms with Gasteiger partial charge in [-0.3, -0.25) is 4.79 Å². The molecule has 0 aliphatic carbocycles. The Morgan fingerprint density at radius 2 is 2.05 bits per heavy atom. The third-order valence-corrected chi connectivity index (χ3v) is 2.75. The van der Waals surface area contributed by atoms with Gasteiger partial charge in [0.1, 0.15) is 12.4 Å². The van der Waals surface area contributed by atoms with Crippen LogP contribution in [-0.4, -0.2) is 32.3 Å². The third kappa shape index (κ3) is 6.67. The van der Waals surface area contributed by atoms with E-state index in [-0.39, 0.29) is 12.0 Å². The summed E-state index contributed by atoms with van der Waals surface area (Å²) in [5.74, 6) is 0.765. The van der Waals surface area contributed by atoms with Gasteiger partial charge in [-0.1, -0.05) is 0 Å². The number of ether oxygens (including phenoxy) is 2. The molecule has 0 fully saturated rings. The zero-order chi connectivity index (χ0) is 14.1. The number of hydrogen-bond acceptors (Lipinski definition) is 4. The largest absolute Gasteiger partial charge is 0.492 e. The molecule has 106 valence electrons. The van der Waals surface area contributed by atoms with E-state index in [4.69, 9.17) is 15.2 Å². The van der Waals surface area contributed by atoms with Crippen molar-refractivity contribution in [2.45, 2.75) is 25.9 Å². The van der Waals surface area contributed by atoms with Gasteiger partial charge in [0.05, 0.1) is 12.6 Å². The van der Waals surface area contributed by atoms with Crippen molar-refractivity contribution < 1.29 is 14.3 Å². The number of anilines is 1. The summed E-state index contributed by atoms with van der Waals surface area (Å²) in [6, 6.07) is 7.16. The number of rotatable bonds is 8. The van der Waals surface area contributed by atoms with Crippen LogP contribution in [-0.2, 0) is 9.53 Å². The van der Waals surface area contributed by atoms with E-state index >= 15 is 0 Å². The number of carbonyl (C=O) groups is 1. The molecule has 0 heterocycles. The summed E-state index contributed by atoms with van der Waals surface area (Å²) in [5, 5.41) is 2.80. The summed E-state index contributed by atoms with van der Waals surface area (Å²) in [6.07, 6.45) is 1.30. The predicted octanol–water partition coefficient (Wildman–Crippen LogP) is 1.58. The van der Waals surface area contributed by atoms with E-state index < -0.39 is 0 Å². The first-order chi connectivity index (χ1) is 9.11. The van der Waals surface area contributed by atoms with Crippen molar-refractivity contribution in [2.75, 3.05) is 26.0 Å². The smallest absolute Gasteiger partial charge is 0.220 e. The van der Waals surface area contributed by atoms with E-state index in [2.05, 4.69) is 5.32 Å². The van der Waals surface area contributed by atoms with Crippen molar-refractivity contribution in [3.8, 4) is 5.75 Å². The first-order valence-electron chi connectivity index (χ1n) is 6.39.